The molecule has 194 valence electrons. The summed E-state index contributed by atoms with van der Waals surface area (Å²) >= 11 is 1.49. The molecule has 0 unspecified atom stereocenters. The van der Waals surface area contributed by atoms with Gasteiger partial charge in [0.05, 0.1) is 18.1 Å². The summed E-state index contributed by atoms with van der Waals surface area (Å²) in [7, 11) is 1.67. The Kier molecular flexibility index (Phi) is 6.55. The maximum atomic E-state index is 12.6. The number of aromatic nitrogens is 3. The predicted octanol–water partition coefficient (Wildman–Crippen LogP) is 2.97. The largest absolute Gasteiger partial charge is 0.573 e. The van der Waals surface area contributed by atoms with Gasteiger partial charge in [0, 0.05) is 43.1 Å². The molecule has 5 rings (SSSR count). The Hall–Kier alpha value is -2.90. The van der Waals surface area contributed by atoms with Gasteiger partial charge >= 0.3 is 6.36 Å². The Bertz CT molecular complexity index is 1220. The van der Waals surface area contributed by atoms with E-state index in [-0.39, 0.29) is 24.2 Å². The van der Waals surface area contributed by atoms with Gasteiger partial charge in [0.2, 0.25) is 5.91 Å². The molecule has 1 aliphatic heterocycles. The number of hydrogen-bond donors (Lipinski definition) is 3. The zero-order valence-electron chi connectivity index (χ0n) is 19.6. The van der Waals surface area contributed by atoms with Crippen LogP contribution in [0.5, 0.6) is 5.75 Å². The second kappa shape index (κ2) is 9.52. The smallest absolute Gasteiger partial charge is 0.406 e. The lowest BCUT2D eigenvalue weighted by Crippen LogP contribution is -2.63. The van der Waals surface area contributed by atoms with Gasteiger partial charge in [0.25, 0.3) is 0 Å². The first-order valence-corrected chi connectivity index (χ1v) is 12.6. The summed E-state index contributed by atoms with van der Waals surface area (Å²) in [6.07, 6.45) is 0.0423. The Morgan fingerprint density at radius 3 is 2.72 bits per heavy atom. The Balaban J connectivity index is 1.09. The van der Waals surface area contributed by atoms with E-state index in [0.717, 1.165) is 30.9 Å². The standard InChI is InChI=1S/C23H27F3N6O3S/c1-31-18-3-2-16(35-23(24,25)26)10-17(18)20(30-31)28-11-19(33)29-14-12-32(13-14)15-4-6-22(34,7-5-15)21-27-8-9-36-21/h2-3,8-10,14-15,34H,4-7,11-13H2,1H3,(H,28,30)(H,29,33). The molecule has 3 N–H and O–H groups in total. The lowest BCUT2D eigenvalue weighted by molar-refractivity contribution is -0.274. The Labute approximate surface area is 209 Å². The average Bonchev–Trinajstić information content (AvgIpc) is 3.44. The summed E-state index contributed by atoms with van der Waals surface area (Å²) in [5.41, 5.74) is -0.222. The van der Waals surface area contributed by atoms with E-state index < -0.39 is 12.0 Å². The molecular weight excluding hydrogens is 497 g/mol. The van der Waals surface area contributed by atoms with Gasteiger partial charge in [-0.1, -0.05) is 0 Å². The van der Waals surface area contributed by atoms with E-state index in [0.29, 0.717) is 35.6 Å². The van der Waals surface area contributed by atoms with Crippen molar-refractivity contribution in [2.24, 2.45) is 7.05 Å². The highest BCUT2D eigenvalue weighted by molar-refractivity contribution is 7.09. The zero-order valence-corrected chi connectivity index (χ0v) is 20.4. The average molecular weight is 525 g/mol. The minimum absolute atomic E-state index is 0.0336. The van der Waals surface area contributed by atoms with E-state index in [2.05, 4.69) is 30.4 Å². The van der Waals surface area contributed by atoms with Gasteiger partial charge in [-0.25, -0.2) is 4.98 Å². The van der Waals surface area contributed by atoms with Gasteiger partial charge in [-0.2, -0.15) is 5.10 Å². The van der Waals surface area contributed by atoms with Gasteiger partial charge in [-0.15, -0.1) is 24.5 Å². The van der Waals surface area contributed by atoms with E-state index in [1.165, 1.54) is 34.2 Å². The number of amides is 1. The summed E-state index contributed by atoms with van der Waals surface area (Å²) in [5.74, 6) is -0.263. The monoisotopic (exact) mass is 524 g/mol. The van der Waals surface area contributed by atoms with Crippen LogP contribution in [0.15, 0.2) is 29.8 Å². The summed E-state index contributed by atoms with van der Waals surface area (Å²) in [6, 6.07) is 4.37. The number of nitrogens with zero attached hydrogens (tertiary/aromatic N) is 4. The highest BCUT2D eigenvalue weighted by Crippen LogP contribution is 2.40. The molecule has 3 heterocycles. The maximum absolute atomic E-state index is 12.6. The third-order valence-electron chi connectivity index (χ3n) is 6.88. The molecule has 2 aromatic heterocycles. The lowest BCUT2D eigenvalue weighted by Gasteiger charge is -2.47. The Morgan fingerprint density at radius 1 is 1.31 bits per heavy atom. The zero-order chi connectivity index (χ0) is 25.5. The van der Waals surface area contributed by atoms with Crippen molar-refractivity contribution in [3.8, 4) is 5.75 Å². The van der Waals surface area contributed by atoms with Crippen molar-refractivity contribution in [3.63, 3.8) is 0 Å². The third kappa shape index (κ3) is 5.27. The summed E-state index contributed by atoms with van der Waals surface area (Å²) < 4.78 is 43.2. The molecule has 1 saturated heterocycles. The summed E-state index contributed by atoms with van der Waals surface area (Å²) in [4.78, 5) is 19.1. The second-order valence-corrected chi connectivity index (χ2v) is 10.3. The number of aliphatic hydroxyl groups is 1. The number of alkyl halides is 3. The number of aryl methyl sites for hydroxylation is 1. The predicted molar refractivity (Wildman–Crippen MR) is 128 cm³/mol. The van der Waals surface area contributed by atoms with Crippen LogP contribution in [0.3, 0.4) is 0 Å². The van der Waals surface area contributed by atoms with Crippen molar-refractivity contribution in [2.75, 3.05) is 25.0 Å². The molecule has 0 spiro atoms. The number of rotatable bonds is 7. The fraction of sp³-hybridized carbons (Fsp3) is 0.522. The molecule has 9 nitrogen and oxygen atoms in total. The molecule has 1 aliphatic carbocycles. The molecule has 1 amide bonds. The second-order valence-electron chi connectivity index (χ2n) is 9.37. The molecule has 1 aromatic carbocycles. The van der Waals surface area contributed by atoms with Crippen LogP contribution in [-0.4, -0.2) is 68.8 Å². The van der Waals surface area contributed by atoms with Gasteiger partial charge in [0.1, 0.15) is 16.4 Å². The SMILES string of the molecule is Cn1nc(NCC(=O)NC2CN(C3CCC(O)(c4nccs4)CC3)C2)c2cc(OC(F)(F)F)ccc21. The molecule has 0 atom stereocenters. The van der Waals surface area contributed by atoms with Crippen molar-refractivity contribution >= 4 is 34.0 Å². The molecule has 0 bridgehead atoms. The first-order chi connectivity index (χ1) is 17.1. The third-order valence-corrected chi connectivity index (χ3v) is 7.84. The van der Waals surface area contributed by atoms with E-state index >= 15 is 0 Å². The first kappa shape index (κ1) is 24.8. The number of benzene rings is 1. The van der Waals surface area contributed by atoms with Gasteiger partial charge < -0.3 is 20.5 Å². The van der Waals surface area contributed by atoms with E-state index in [4.69, 9.17) is 0 Å². The number of anilines is 1. The summed E-state index contributed by atoms with van der Waals surface area (Å²) in [5, 5.41) is 24.2. The van der Waals surface area contributed by atoms with Crippen molar-refractivity contribution in [3.05, 3.63) is 34.8 Å². The Morgan fingerprint density at radius 2 is 2.06 bits per heavy atom. The van der Waals surface area contributed by atoms with Crippen LogP contribution < -0.4 is 15.4 Å². The van der Waals surface area contributed by atoms with Crippen molar-refractivity contribution < 1.29 is 27.8 Å². The normalized spacial score (nSPS) is 23.4. The number of thiazole rings is 1. The number of fused-ring (bicyclic) bond motifs is 1. The lowest BCUT2D eigenvalue weighted by atomic mass is 9.81. The molecule has 36 heavy (non-hydrogen) atoms. The number of likely N-dealkylation sites (tertiary alicyclic amines) is 1. The van der Waals surface area contributed by atoms with Crippen LogP contribution in [0.1, 0.15) is 30.7 Å². The minimum Gasteiger partial charge on any atom is -0.406 e. The van der Waals surface area contributed by atoms with Crippen LogP contribution in [0.25, 0.3) is 10.9 Å². The minimum atomic E-state index is -4.79. The molecule has 1 saturated carbocycles. The fourth-order valence-electron chi connectivity index (χ4n) is 5.03. The summed E-state index contributed by atoms with van der Waals surface area (Å²) in [6.45, 7) is 1.44. The molecule has 13 heteroatoms. The first-order valence-electron chi connectivity index (χ1n) is 11.7. The van der Waals surface area contributed by atoms with Gasteiger partial charge in [0.15, 0.2) is 5.82 Å². The number of hydrogen-bond acceptors (Lipinski definition) is 8. The highest BCUT2D eigenvalue weighted by Gasteiger charge is 2.41. The van der Waals surface area contributed by atoms with E-state index in [1.54, 1.807) is 13.2 Å². The van der Waals surface area contributed by atoms with E-state index in [1.807, 2.05) is 5.38 Å². The van der Waals surface area contributed by atoms with Gasteiger partial charge in [-0.05, 0) is 43.9 Å². The van der Waals surface area contributed by atoms with Crippen molar-refractivity contribution in [1.29, 1.82) is 0 Å². The maximum Gasteiger partial charge on any atom is 0.573 e. The number of nitrogens with one attached hydrogen (secondary N) is 2. The topological polar surface area (TPSA) is 105 Å². The van der Waals surface area contributed by atoms with Crippen LogP contribution in [0.4, 0.5) is 19.0 Å². The van der Waals surface area contributed by atoms with Crippen molar-refractivity contribution in [1.82, 2.24) is 25.0 Å². The van der Waals surface area contributed by atoms with Crippen LogP contribution in [0.2, 0.25) is 0 Å². The quantitative estimate of drug-likeness (QED) is 0.437. The number of halogens is 3. The molecular formula is C23H27F3N6O3S. The highest BCUT2D eigenvalue weighted by atomic mass is 32.1. The molecule has 3 aromatic rings. The van der Waals surface area contributed by atoms with Crippen LogP contribution >= 0.6 is 11.3 Å². The number of ether oxygens (including phenoxy) is 1. The fourth-order valence-corrected chi connectivity index (χ4v) is 5.83. The van der Waals surface area contributed by atoms with Crippen LogP contribution in [0, 0.1) is 0 Å². The van der Waals surface area contributed by atoms with Crippen molar-refractivity contribution in [2.45, 2.75) is 49.7 Å². The number of carbonyl (C=O) groups excluding carboxylic acids is 1. The molecule has 0 radical (unpaired) electrons. The van der Waals surface area contributed by atoms with Crippen LogP contribution in [-0.2, 0) is 17.4 Å². The van der Waals surface area contributed by atoms with E-state index in [9.17, 15) is 23.1 Å². The molecule has 2 fully saturated rings. The number of carbonyl (C=O) groups is 1. The molecule has 2 aliphatic rings. The van der Waals surface area contributed by atoms with Gasteiger partial charge in [-0.3, -0.25) is 14.4 Å².